The third kappa shape index (κ3) is 2.35. The smallest absolute Gasteiger partial charge is 0.250 e. The number of hydrogen-bond acceptors (Lipinski definition) is 7. The summed E-state index contributed by atoms with van der Waals surface area (Å²) in [5.74, 6) is 0.116. The standard InChI is InChI=1S/C11H7N5OS2/c17-8-4-3-7(6-2-1-5-12-9(6)8)13-14-10-15-16-11(18)19-10/h1-5,17H,(H,16,18). The first-order valence-corrected chi connectivity index (χ1v) is 6.50. The Kier molecular flexibility index (Phi) is 3.02. The van der Waals surface area contributed by atoms with E-state index in [0.29, 0.717) is 20.3 Å². The molecule has 19 heavy (non-hydrogen) atoms. The summed E-state index contributed by atoms with van der Waals surface area (Å²) in [4.78, 5) is 4.11. The molecule has 94 valence electrons. The van der Waals surface area contributed by atoms with Gasteiger partial charge in [-0.1, -0.05) is 11.3 Å². The van der Waals surface area contributed by atoms with Gasteiger partial charge < -0.3 is 5.11 Å². The van der Waals surface area contributed by atoms with Gasteiger partial charge >= 0.3 is 0 Å². The van der Waals surface area contributed by atoms with Crippen LogP contribution < -0.4 is 0 Å². The van der Waals surface area contributed by atoms with Crippen LogP contribution in [0, 0.1) is 3.95 Å². The second kappa shape index (κ2) is 4.82. The van der Waals surface area contributed by atoms with Gasteiger partial charge in [0.25, 0.3) is 0 Å². The summed E-state index contributed by atoms with van der Waals surface area (Å²) in [6.07, 6.45) is 1.61. The fourth-order valence-corrected chi connectivity index (χ4v) is 2.29. The lowest BCUT2D eigenvalue weighted by Crippen LogP contribution is -1.79. The lowest BCUT2D eigenvalue weighted by molar-refractivity contribution is 0.480. The molecule has 0 saturated heterocycles. The molecule has 2 heterocycles. The molecular formula is C11H7N5OS2. The Morgan fingerprint density at radius 3 is 2.95 bits per heavy atom. The van der Waals surface area contributed by atoms with Crippen molar-refractivity contribution in [2.75, 3.05) is 0 Å². The first kappa shape index (κ1) is 11.9. The van der Waals surface area contributed by atoms with Gasteiger partial charge in [0, 0.05) is 11.6 Å². The lowest BCUT2D eigenvalue weighted by atomic mass is 10.2. The van der Waals surface area contributed by atoms with Crippen molar-refractivity contribution in [3.8, 4) is 5.75 Å². The van der Waals surface area contributed by atoms with E-state index < -0.39 is 0 Å². The monoisotopic (exact) mass is 289 g/mol. The number of phenolic OH excluding ortho intramolecular Hbond substituents is 1. The van der Waals surface area contributed by atoms with Crippen molar-refractivity contribution in [1.29, 1.82) is 0 Å². The van der Waals surface area contributed by atoms with Gasteiger partial charge in [-0.25, -0.2) is 0 Å². The molecule has 3 aromatic rings. The minimum atomic E-state index is 0.116. The molecule has 0 bridgehead atoms. The van der Waals surface area contributed by atoms with Crippen LogP contribution in [0.4, 0.5) is 10.8 Å². The molecule has 8 heteroatoms. The topological polar surface area (TPSA) is 86.5 Å². The zero-order valence-corrected chi connectivity index (χ0v) is 11.1. The minimum Gasteiger partial charge on any atom is -0.506 e. The predicted octanol–water partition coefficient (Wildman–Crippen LogP) is 3.87. The molecule has 0 atom stereocenters. The highest BCUT2D eigenvalue weighted by Gasteiger charge is 2.05. The molecule has 0 amide bonds. The number of pyridine rings is 1. The van der Waals surface area contributed by atoms with Crippen molar-refractivity contribution in [3.05, 3.63) is 34.4 Å². The third-order valence-electron chi connectivity index (χ3n) is 2.40. The predicted molar refractivity (Wildman–Crippen MR) is 74.9 cm³/mol. The summed E-state index contributed by atoms with van der Waals surface area (Å²) in [5, 5.41) is 25.5. The van der Waals surface area contributed by atoms with Crippen molar-refractivity contribution >= 4 is 45.3 Å². The van der Waals surface area contributed by atoms with Crippen molar-refractivity contribution in [3.63, 3.8) is 0 Å². The van der Waals surface area contributed by atoms with Crippen LogP contribution in [0.25, 0.3) is 10.9 Å². The number of azo groups is 1. The van der Waals surface area contributed by atoms with Gasteiger partial charge in [0.15, 0.2) is 3.95 Å². The van der Waals surface area contributed by atoms with E-state index in [-0.39, 0.29) is 5.75 Å². The fourth-order valence-electron chi connectivity index (χ4n) is 1.59. The zero-order chi connectivity index (χ0) is 13.2. The summed E-state index contributed by atoms with van der Waals surface area (Å²) >= 11 is 6.15. The second-order valence-electron chi connectivity index (χ2n) is 3.60. The fraction of sp³-hybridized carbons (Fsp3) is 0. The average Bonchev–Trinajstić information content (AvgIpc) is 2.84. The van der Waals surface area contributed by atoms with Crippen LogP contribution in [0.1, 0.15) is 0 Å². The van der Waals surface area contributed by atoms with E-state index >= 15 is 0 Å². The number of aromatic nitrogens is 3. The molecule has 0 aliphatic carbocycles. The van der Waals surface area contributed by atoms with Gasteiger partial charge in [-0.05, 0) is 36.5 Å². The van der Waals surface area contributed by atoms with Gasteiger partial charge in [-0.15, -0.1) is 15.3 Å². The number of hydrogen-bond donors (Lipinski definition) is 2. The van der Waals surface area contributed by atoms with Crippen LogP contribution >= 0.6 is 23.6 Å². The molecule has 2 N–H and O–H groups in total. The van der Waals surface area contributed by atoms with Crippen LogP contribution in [-0.2, 0) is 0 Å². The molecule has 0 aliphatic heterocycles. The van der Waals surface area contributed by atoms with E-state index in [1.54, 1.807) is 18.3 Å². The summed E-state index contributed by atoms with van der Waals surface area (Å²) in [5.41, 5.74) is 1.11. The van der Waals surface area contributed by atoms with Crippen LogP contribution in [0.3, 0.4) is 0 Å². The number of H-pyrrole nitrogens is 1. The Bertz CT molecular complexity index is 823. The first-order chi connectivity index (χ1) is 9.24. The quantitative estimate of drug-likeness (QED) is 0.554. The molecule has 0 aliphatic rings. The van der Waals surface area contributed by atoms with E-state index in [2.05, 4.69) is 25.4 Å². The summed E-state index contributed by atoms with van der Waals surface area (Å²) in [6.45, 7) is 0. The highest BCUT2D eigenvalue weighted by molar-refractivity contribution is 7.73. The number of nitrogens with one attached hydrogen (secondary N) is 1. The summed E-state index contributed by atoms with van der Waals surface area (Å²) in [6, 6.07) is 6.81. The molecular weight excluding hydrogens is 282 g/mol. The summed E-state index contributed by atoms with van der Waals surface area (Å²) in [7, 11) is 0. The molecule has 1 aromatic carbocycles. The van der Waals surface area contributed by atoms with Gasteiger partial charge in [-0.3, -0.25) is 10.1 Å². The number of fused-ring (bicyclic) bond motifs is 1. The van der Waals surface area contributed by atoms with E-state index in [1.807, 2.05) is 6.07 Å². The minimum absolute atomic E-state index is 0.116. The number of benzene rings is 1. The Morgan fingerprint density at radius 1 is 1.26 bits per heavy atom. The Hall–Kier alpha value is -2.19. The molecule has 2 aromatic heterocycles. The van der Waals surface area contributed by atoms with Gasteiger partial charge in [-0.2, -0.15) is 0 Å². The van der Waals surface area contributed by atoms with Gasteiger partial charge in [0.1, 0.15) is 11.3 Å². The van der Waals surface area contributed by atoms with E-state index in [9.17, 15) is 5.11 Å². The van der Waals surface area contributed by atoms with Crippen molar-refractivity contribution in [2.45, 2.75) is 0 Å². The van der Waals surface area contributed by atoms with Crippen molar-refractivity contribution in [2.24, 2.45) is 10.2 Å². The number of phenols is 1. The molecule has 6 nitrogen and oxygen atoms in total. The number of nitrogens with zero attached hydrogens (tertiary/aromatic N) is 4. The molecule has 3 rings (SSSR count). The highest BCUT2D eigenvalue weighted by Crippen LogP contribution is 2.31. The number of aromatic hydroxyl groups is 1. The van der Waals surface area contributed by atoms with Gasteiger partial charge in [0.05, 0.1) is 5.69 Å². The van der Waals surface area contributed by atoms with E-state index in [0.717, 1.165) is 5.39 Å². The molecule has 0 fully saturated rings. The Balaban J connectivity index is 2.08. The number of rotatable bonds is 2. The maximum atomic E-state index is 9.72. The lowest BCUT2D eigenvalue weighted by Gasteiger charge is -2.01. The molecule has 0 radical (unpaired) electrons. The Labute approximate surface area is 116 Å². The number of aromatic amines is 1. The normalized spacial score (nSPS) is 11.4. The second-order valence-corrected chi connectivity index (χ2v) is 5.24. The third-order valence-corrected chi connectivity index (χ3v) is 3.37. The SMILES string of the molecule is Oc1ccc(N=Nc2n[nH]c(=S)s2)c2cccnc12. The van der Waals surface area contributed by atoms with Crippen molar-refractivity contribution < 1.29 is 5.11 Å². The van der Waals surface area contributed by atoms with E-state index in [4.69, 9.17) is 12.2 Å². The largest absolute Gasteiger partial charge is 0.506 e. The first-order valence-electron chi connectivity index (χ1n) is 5.28. The van der Waals surface area contributed by atoms with Crippen LogP contribution in [-0.4, -0.2) is 20.3 Å². The summed E-state index contributed by atoms with van der Waals surface area (Å²) < 4.78 is 0.547. The van der Waals surface area contributed by atoms with Crippen molar-refractivity contribution in [1.82, 2.24) is 15.2 Å². The molecule has 0 unspecified atom stereocenters. The zero-order valence-electron chi connectivity index (χ0n) is 9.44. The highest BCUT2D eigenvalue weighted by atomic mass is 32.1. The van der Waals surface area contributed by atoms with Crippen LogP contribution in [0.5, 0.6) is 5.75 Å². The maximum absolute atomic E-state index is 9.72. The average molecular weight is 289 g/mol. The Morgan fingerprint density at radius 2 is 2.16 bits per heavy atom. The van der Waals surface area contributed by atoms with Crippen LogP contribution in [0.2, 0.25) is 0 Å². The molecule has 0 saturated carbocycles. The van der Waals surface area contributed by atoms with E-state index in [1.165, 1.54) is 17.4 Å². The van der Waals surface area contributed by atoms with Gasteiger partial charge in [0.2, 0.25) is 5.13 Å². The van der Waals surface area contributed by atoms with Crippen LogP contribution in [0.15, 0.2) is 40.7 Å². The maximum Gasteiger partial charge on any atom is 0.250 e. The molecule has 0 spiro atoms.